The maximum Gasteiger partial charge on any atom is 0.433 e. The summed E-state index contributed by atoms with van der Waals surface area (Å²) in [6, 6.07) is 2.39. The molecule has 1 aromatic rings. The van der Waals surface area contributed by atoms with Gasteiger partial charge in [0.1, 0.15) is 10.3 Å². The molecule has 0 saturated heterocycles. The molecular weight excluding hydrogens is 249 g/mol. The summed E-state index contributed by atoms with van der Waals surface area (Å²) in [6.45, 7) is 0.0597. The van der Waals surface area contributed by atoms with E-state index in [0.717, 1.165) is 6.07 Å². The van der Waals surface area contributed by atoms with E-state index >= 15 is 0 Å². The highest BCUT2D eigenvalue weighted by molar-refractivity contribution is 9.10. The molecule has 0 unspecified atom stereocenters. The number of hydrogen-bond acceptors (Lipinski definition) is 2. The van der Waals surface area contributed by atoms with Gasteiger partial charge in [-0.1, -0.05) is 0 Å². The minimum absolute atomic E-state index is 0.0597. The zero-order chi connectivity index (χ0) is 10.1. The summed E-state index contributed by atoms with van der Waals surface area (Å²) in [5.74, 6) is 0. The molecule has 0 aliphatic heterocycles. The number of halogens is 4. The Balaban J connectivity index is 3.16. The highest BCUT2D eigenvalue weighted by atomic mass is 79.9. The summed E-state index contributed by atoms with van der Waals surface area (Å²) in [6.07, 6.45) is -4.42. The Morgan fingerprint density at radius 3 is 2.46 bits per heavy atom. The highest BCUT2D eigenvalue weighted by Crippen LogP contribution is 2.29. The fourth-order valence-electron chi connectivity index (χ4n) is 0.813. The summed E-state index contributed by atoms with van der Waals surface area (Å²) in [4.78, 5) is 3.29. The molecule has 0 aliphatic rings. The number of hydrogen-bond donors (Lipinski definition) is 1. The van der Waals surface area contributed by atoms with Crippen LogP contribution in [0.2, 0.25) is 0 Å². The van der Waals surface area contributed by atoms with Gasteiger partial charge in [0.05, 0.1) is 0 Å². The second kappa shape index (κ2) is 3.63. The molecule has 1 heterocycles. The normalized spacial score (nSPS) is 11.8. The van der Waals surface area contributed by atoms with Crippen molar-refractivity contribution < 1.29 is 13.2 Å². The lowest BCUT2D eigenvalue weighted by molar-refractivity contribution is -0.141. The Morgan fingerprint density at radius 1 is 1.38 bits per heavy atom. The first-order chi connectivity index (χ1) is 5.93. The van der Waals surface area contributed by atoms with Gasteiger partial charge in [-0.05, 0) is 33.6 Å². The number of nitrogens with two attached hydrogens (primary N) is 1. The summed E-state index contributed by atoms with van der Waals surface area (Å²) in [7, 11) is 0. The molecule has 0 bridgehead atoms. The van der Waals surface area contributed by atoms with Gasteiger partial charge in [0.15, 0.2) is 0 Å². The van der Waals surface area contributed by atoms with Crippen LogP contribution in [0, 0.1) is 0 Å². The number of aromatic nitrogens is 1. The van der Waals surface area contributed by atoms with E-state index < -0.39 is 11.9 Å². The fraction of sp³-hybridized carbons (Fsp3) is 0.286. The average Bonchev–Trinajstić information content (AvgIpc) is 2.01. The Bertz CT molecular complexity index is 311. The molecule has 0 atom stereocenters. The number of rotatable bonds is 1. The fourth-order valence-corrected chi connectivity index (χ4v) is 1.30. The molecule has 0 fully saturated rings. The Morgan fingerprint density at radius 2 is 2.00 bits per heavy atom. The van der Waals surface area contributed by atoms with E-state index in [2.05, 4.69) is 20.9 Å². The number of alkyl halides is 3. The Kier molecular flexibility index (Phi) is 2.92. The predicted octanol–water partition coefficient (Wildman–Crippen LogP) is 2.32. The quantitative estimate of drug-likeness (QED) is 0.782. The molecule has 0 saturated carbocycles. The maximum atomic E-state index is 12.2. The lowest BCUT2D eigenvalue weighted by atomic mass is 10.2. The van der Waals surface area contributed by atoms with Crippen molar-refractivity contribution in [2.24, 2.45) is 5.73 Å². The Hall–Kier alpha value is -0.620. The van der Waals surface area contributed by atoms with E-state index in [4.69, 9.17) is 5.73 Å². The minimum atomic E-state index is -4.42. The van der Waals surface area contributed by atoms with Crippen LogP contribution in [-0.4, -0.2) is 4.98 Å². The van der Waals surface area contributed by atoms with E-state index in [1.165, 1.54) is 6.07 Å². The van der Waals surface area contributed by atoms with Crippen molar-refractivity contribution in [1.29, 1.82) is 0 Å². The monoisotopic (exact) mass is 254 g/mol. The van der Waals surface area contributed by atoms with Gasteiger partial charge in [-0.15, -0.1) is 0 Å². The molecule has 72 valence electrons. The number of nitrogens with zero attached hydrogens (tertiary/aromatic N) is 1. The van der Waals surface area contributed by atoms with Gasteiger partial charge in [-0.3, -0.25) is 0 Å². The molecule has 1 rings (SSSR count). The second-order valence-electron chi connectivity index (χ2n) is 2.39. The lowest BCUT2D eigenvalue weighted by Crippen LogP contribution is -2.10. The van der Waals surface area contributed by atoms with Crippen LogP contribution in [0.25, 0.3) is 0 Å². The summed E-state index contributed by atoms with van der Waals surface area (Å²) in [5.41, 5.74) is 4.68. The molecule has 1 aromatic heterocycles. The molecule has 0 aliphatic carbocycles. The van der Waals surface area contributed by atoms with Crippen molar-refractivity contribution >= 4 is 15.9 Å². The second-order valence-corrected chi connectivity index (χ2v) is 3.20. The van der Waals surface area contributed by atoms with Crippen LogP contribution in [0.15, 0.2) is 16.7 Å². The van der Waals surface area contributed by atoms with Gasteiger partial charge in [0, 0.05) is 6.54 Å². The summed E-state index contributed by atoms with van der Waals surface area (Å²) in [5, 5.41) is 0. The van der Waals surface area contributed by atoms with Crippen LogP contribution in [0.3, 0.4) is 0 Å². The molecule has 0 amide bonds. The van der Waals surface area contributed by atoms with E-state index in [0.29, 0.717) is 5.56 Å². The van der Waals surface area contributed by atoms with Gasteiger partial charge in [0.2, 0.25) is 0 Å². The van der Waals surface area contributed by atoms with Crippen molar-refractivity contribution in [2.75, 3.05) is 0 Å². The smallest absolute Gasteiger partial charge is 0.326 e. The van der Waals surface area contributed by atoms with Crippen LogP contribution in [-0.2, 0) is 12.7 Å². The van der Waals surface area contributed by atoms with Gasteiger partial charge in [-0.25, -0.2) is 4.98 Å². The maximum absolute atomic E-state index is 12.2. The van der Waals surface area contributed by atoms with E-state index in [9.17, 15) is 13.2 Å². The number of pyridine rings is 1. The van der Waals surface area contributed by atoms with E-state index in [1.807, 2.05) is 0 Å². The molecule has 0 aromatic carbocycles. The van der Waals surface area contributed by atoms with Crippen LogP contribution >= 0.6 is 15.9 Å². The Labute approximate surface area is 81.1 Å². The third kappa shape index (κ3) is 2.67. The van der Waals surface area contributed by atoms with Gasteiger partial charge in [0.25, 0.3) is 0 Å². The van der Waals surface area contributed by atoms with Crippen LogP contribution in [0.5, 0.6) is 0 Å². The molecule has 0 spiro atoms. The van der Waals surface area contributed by atoms with E-state index in [-0.39, 0.29) is 11.1 Å². The van der Waals surface area contributed by atoms with Crippen molar-refractivity contribution in [3.63, 3.8) is 0 Å². The van der Waals surface area contributed by atoms with Crippen molar-refractivity contribution in [2.45, 2.75) is 12.7 Å². The lowest BCUT2D eigenvalue weighted by Gasteiger charge is -2.07. The molecule has 2 nitrogen and oxygen atoms in total. The average molecular weight is 255 g/mol. The van der Waals surface area contributed by atoms with Crippen molar-refractivity contribution in [3.05, 3.63) is 28.0 Å². The molecule has 13 heavy (non-hydrogen) atoms. The first-order valence-corrected chi connectivity index (χ1v) is 4.16. The molecule has 6 heteroatoms. The third-order valence-electron chi connectivity index (χ3n) is 1.38. The highest BCUT2D eigenvalue weighted by Gasteiger charge is 2.32. The molecule has 0 radical (unpaired) electrons. The van der Waals surface area contributed by atoms with Gasteiger partial charge in [-0.2, -0.15) is 13.2 Å². The SMILES string of the molecule is NCc1cc(Br)nc(C(F)(F)F)c1. The van der Waals surface area contributed by atoms with E-state index in [1.54, 1.807) is 0 Å². The van der Waals surface area contributed by atoms with Crippen molar-refractivity contribution in [1.82, 2.24) is 4.98 Å². The third-order valence-corrected chi connectivity index (χ3v) is 1.79. The van der Waals surface area contributed by atoms with Crippen molar-refractivity contribution in [3.8, 4) is 0 Å². The van der Waals surface area contributed by atoms with Gasteiger partial charge < -0.3 is 5.73 Å². The molecular formula is C7H6BrF3N2. The zero-order valence-electron chi connectivity index (χ0n) is 6.40. The predicted molar refractivity (Wildman–Crippen MR) is 44.8 cm³/mol. The minimum Gasteiger partial charge on any atom is -0.326 e. The summed E-state index contributed by atoms with van der Waals surface area (Å²) >= 11 is 2.88. The van der Waals surface area contributed by atoms with Crippen LogP contribution in [0.1, 0.15) is 11.3 Å². The van der Waals surface area contributed by atoms with Gasteiger partial charge >= 0.3 is 6.18 Å². The van der Waals surface area contributed by atoms with Crippen LogP contribution < -0.4 is 5.73 Å². The molecule has 2 N–H and O–H groups in total. The first-order valence-electron chi connectivity index (χ1n) is 3.37. The van der Waals surface area contributed by atoms with Crippen LogP contribution in [0.4, 0.5) is 13.2 Å². The standard InChI is InChI=1S/C7H6BrF3N2/c8-6-2-4(3-12)1-5(13-6)7(9,10)11/h1-2H,3,12H2. The topological polar surface area (TPSA) is 38.9 Å². The summed E-state index contributed by atoms with van der Waals surface area (Å²) < 4.78 is 36.6. The largest absolute Gasteiger partial charge is 0.433 e. The first kappa shape index (κ1) is 10.5. The zero-order valence-corrected chi connectivity index (χ0v) is 7.98.